The molecule has 5 heteroatoms. The maximum atomic E-state index is 12.4. The second-order valence-corrected chi connectivity index (χ2v) is 6.16. The Kier molecular flexibility index (Phi) is 4.43. The fourth-order valence-corrected chi connectivity index (χ4v) is 2.97. The molecule has 118 valence electrons. The normalized spacial score (nSPS) is 24.8. The van der Waals surface area contributed by atoms with Crippen LogP contribution in [0.1, 0.15) is 24.0 Å². The Morgan fingerprint density at radius 2 is 2.09 bits per heavy atom. The van der Waals surface area contributed by atoms with Crippen LogP contribution in [0.25, 0.3) is 0 Å². The van der Waals surface area contributed by atoms with E-state index in [4.69, 9.17) is 4.74 Å². The first kappa shape index (κ1) is 15.0. The molecule has 0 unspecified atom stereocenters. The minimum absolute atomic E-state index is 0.0211. The lowest BCUT2D eigenvalue weighted by atomic mass is 10.1. The minimum atomic E-state index is -0.376. The standard InChI is InChI=1S/C17H22N2O3/c1-12-2-4-13(5-3-12)10-19-8-6-15(17(19)21)18-16(20)14-7-9-22-11-14/h2-5,14-15H,6-11H2,1H3,(H,18,20)/t14-,15+/m1/s1. The van der Waals surface area contributed by atoms with Gasteiger partial charge in [0, 0.05) is 19.7 Å². The molecule has 0 saturated carbocycles. The molecule has 2 fully saturated rings. The quantitative estimate of drug-likeness (QED) is 0.910. The Labute approximate surface area is 130 Å². The third-order valence-electron chi connectivity index (χ3n) is 4.41. The first-order valence-electron chi connectivity index (χ1n) is 7.86. The molecule has 2 aliphatic rings. The van der Waals surface area contributed by atoms with E-state index < -0.39 is 0 Å². The lowest BCUT2D eigenvalue weighted by Crippen LogP contribution is -2.44. The molecule has 22 heavy (non-hydrogen) atoms. The lowest BCUT2D eigenvalue weighted by molar-refractivity contribution is -0.134. The highest BCUT2D eigenvalue weighted by Gasteiger charge is 2.34. The first-order chi connectivity index (χ1) is 10.6. The Hall–Kier alpha value is -1.88. The van der Waals surface area contributed by atoms with Crippen LogP contribution < -0.4 is 5.32 Å². The van der Waals surface area contributed by atoms with E-state index in [1.807, 2.05) is 24.0 Å². The molecule has 3 rings (SSSR count). The van der Waals surface area contributed by atoms with Gasteiger partial charge in [-0.2, -0.15) is 0 Å². The number of likely N-dealkylation sites (tertiary alicyclic amines) is 1. The summed E-state index contributed by atoms with van der Waals surface area (Å²) in [6, 6.07) is 7.82. The Morgan fingerprint density at radius 3 is 2.77 bits per heavy atom. The number of benzene rings is 1. The van der Waals surface area contributed by atoms with Gasteiger partial charge in [-0.15, -0.1) is 0 Å². The summed E-state index contributed by atoms with van der Waals surface area (Å²) in [5.74, 6) is -0.125. The van der Waals surface area contributed by atoms with Crippen molar-refractivity contribution in [3.05, 3.63) is 35.4 Å². The van der Waals surface area contributed by atoms with Crippen LogP contribution in [-0.4, -0.2) is 42.5 Å². The Balaban J connectivity index is 1.55. The summed E-state index contributed by atoms with van der Waals surface area (Å²) in [6.07, 6.45) is 1.43. The lowest BCUT2D eigenvalue weighted by Gasteiger charge is -2.18. The maximum Gasteiger partial charge on any atom is 0.245 e. The van der Waals surface area contributed by atoms with Crippen molar-refractivity contribution in [2.24, 2.45) is 5.92 Å². The zero-order chi connectivity index (χ0) is 15.5. The summed E-state index contributed by atoms with van der Waals surface area (Å²) in [6.45, 7) is 4.45. The van der Waals surface area contributed by atoms with Gasteiger partial charge in [-0.05, 0) is 25.3 Å². The van der Waals surface area contributed by atoms with E-state index in [0.29, 0.717) is 32.7 Å². The molecule has 0 radical (unpaired) electrons. The number of hydrogen-bond acceptors (Lipinski definition) is 3. The average Bonchev–Trinajstić information content (AvgIpc) is 3.15. The number of carbonyl (C=O) groups is 2. The molecular weight excluding hydrogens is 280 g/mol. The number of aryl methyl sites for hydroxylation is 1. The molecule has 5 nitrogen and oxygen atoms in total. The molecule has 2 saturated heterocycles. The molecule has 2 atom stereocenters. The number of nitrogens with one attached hydrogen (secondary N) is 1. The molecule has 2 aliphatic heterocycles. The van der Waals surface area contributed by atoms with Crippen molar-refractivity contribution in [3.63, 3.8) is 0 Å². The molecule has 2 heterocycles. The van der Waals surface area contributed by atoms with Crippen LogP contribution in [0.15, 0.2) is 24.3 Å². The monoisotopic (exact) mass is 302 g/mol. The highest BCUT2D eigenvalue weighted by molar-refractivity contribution is 5.90. The molecule has 0 spiro atoms. The van der Waals surface area contributed by atoms with Gasteiger partial charge in [0.2, 0.25) is 11.8 Å². The third-order valence-corrected chi connectivity index (χ3v) is 4.41. The summed E-state index contributed by atoms with van der Waals surface area (Å²) in [4.78, 5) is 26.3. The highest BCUT2D eigenvalue weighted by Crippen LogP contribution is 2.18. The van der Waals surface area contributed by atoms with Gasteiger partial charge in [0.15, 0.2) is 0 Å². The predicted molar refractivity (Wildman–Crippen MR) is 82.1 cm³/mol. The van der Waals surface area contributed by atoms with Crippen LogP contribution in [-0.2, 0) is 20.9 Å². The number of hydrogen-bond donors (Lipinski definition) is 1. The Bertz CT molecular complexity index is 550. The van der Waals surface area contributed by atoms with Crippen molar-refractivity contribution < 1.29 is 14.3 Å². The molecule has 1 N–H and O–H groups in total. The van der Waals surface area contributed by atoms with Gasteiger partial charge < -0.3 is 15.0 Å². The van der Waals surface area contributed by atoms with E-state index in [0.717, 1.165) is 12.0 Å². The van der Waals surface area contributed by atoms with Gasteiger partial charge in [-0.25, -0.2) is 0 Å². The molecular formula is C17H22N2O3. The summed E-state index contributed by atoms with van der Waals surface area (Å²) in [7, 11) is 0. The summed E-state index contributed by atoms with van der Waals surface area (Å²) < 4.78 is 5.22. The van der Waals surface area contributed by atoms with Crippen LogP contribution in [0, 0.1) is 12.8 Å². The number of carbonyl (C=O) groups excluding carboxylic acids is 2. The van der Waals surface area contributed by atoms with E-state index >= 15 is 0 Å². The van der Waals surface area contributed by atoms with Gasteiger partial charge in [0.1, 0.15) is 6.04 Å². The van der Waals surface area contributed by atoms with E-state index in [9.17, 15) is 9.59 Å². The van der Waals surface area contributed by atoms with E-state index in [-0.39, 0.29) is 23.8 Å². The van der Waals surface area contributed by atoms with Gasteiger partial charge in [0.05, 0.1) is 12.5 Å². The Morgan fingerprint density at radius 1 is 1.32 bits per heavy atom. The third kappa shape index (κ3) is 3.30. The SMILES string of the molecule is Cc1ccc(CN2CC[C@H](NC(=O)[C@@H]3CCOC3)C2=O)cc1. The summed E-state index contributed by atoms with van der Waals surface area (Å²) in [5, 5.41) is 2.89. The fraction of sp³-hybridized carbons (Fsp3) is 0.529. The van der Waals surface area contributed by atoms with Gasteiger partial charge in [0.25, 0.3) is 0 Å². The zero-order valence-electron chi connectivity index (χ0n) is 12.9. The van der Waals surface area contributed by atoms with Crippen LogP contribution in [0.5, 0.6) is 0 Å². The first-order valence-corrected chi connectivity index (χ1v) is 7.86. The van der Waals surface area contributed by atoms with E-state index in [1.165, 1.54) is 5.56 Å². The largest absolute Gasteiger partial charge is 0.381 e. The van der Waals surface area contributed by atoms with Crippen LogP contribution >= 0.6 is 0 Å². The zero-order valence-corrected chi connectivity index (χ0v) is 12.9. The van der Waals surface area contributed by atoms with E-state index in [1.54, 1.807) is 0 Å². The molecule has 0 aliphatic carbocycles. The maximum absolute atomic E-state index is 12.4. The molecule has 0 aromatic heterocycles. The van der Waals surface area contributed by atoms with E-state index in [2.05, 4.69) is 17.4 Å². The molecule has 1 aromatic rings. The van der Waals surface area contributed by atoms with Gasteiger partial charge in [-0.3, -0.25) is 9.59 Å². The number of amides is 2. The van der Waals surface area contributed by atoms with Crippen LogP contribution in [0.3, 0.4) is 0 Å². The fourth-order valence-electron chi connectivity index (χ4n) is 2.97. The van der Waals surface area contributed by atoms with Gasteiger partial charge >= 0.3 is 0 Å². The molecule has 0 bridgehead atoms. The van der Waals surface area contributed by atoms with Crippen LogP contribution in [0.2, 0.25) is 0 Å². The van der Waals surface area contributed by atoms with Gasteiger partial charge in [-0.1, -0.05) is 29.8 Å². The second kappa shape index (κ2) is 6.48. The van der Waals surface area contributed by atoms with Crippen molar-refractivity contribution in [2.45, 2.75) is 32.4 Å². The summed E-state index contributed by atoms with van der Waals surface area (Å²) in [5.41, 5.74) is 2.33. The minimum Gasteiger partial charge on any atom is -0.381 e. The highest BCUT2D eigenvalue weighted by atomic mass is 16.5. The number of nitrogens with zero attached hydrogens (tertiary/aromatic N) is 1. The van der Waals surface area contributed by atoms with Crippen LogP contribution in [0.4, 0.5) is 0 Å². The van der Waals surface area contributed by atoms with Crippen molar-refractivity contribution in [2.75, 3.05) is 19.8 Å². The van der Waals surface area contributed by atoms with Crippen molar-refractivity contribution in [3.8, 4) is 0 Å². The summed E-state index contributed by atoms with van der Waals surface area (Å²) >= 11 is 0. The average molecular weight is 302 g/mol. The molecule has 2 amide bonds. The second-order valence-electron chi connectivity index (χ2n) is 6.16. The molecule has 1 aromatic carbocycles. The topological polar surface area (TPSA) is 58.6 Å². The van der Waals surface area contributed by atoms with Crippen molar-refractivity contribution in [1.29, 1.82) is 0 Å². The smallest absolute Gasteiger partial charge is 0.245 e. The van der Waals surface area contributed by atoms with Crippen molar-refractivity contribution >= 4 is 11.8 Å². The van der Waals surface area contributed by atoms with Crippen molar-refractivity contribution in [1.82, 2.24) is 10.2 Å². The number of rotatable bonds is 4. The number of ether oxygens (including phenoxy) is 1. The predicted octanol–water partition coefficient (Wildman–Crippen LogP) is 1.25.